The lowest BCUT2D eigenvalue weighted by molar-refractivity contribution is 0.262. The minimum atomic E-state index is -0.439. The summed E-state index contributed by atoms with van der Waals surface area (Å²) in [5.74, 6) is 1.14. The van der Waals surface area contributed by atoms with Gasteiger partial charge in [-0.3, -0.25) is 4.79 Å². The first-order chi connectivity index (χ1) is 19.1. The van der Waals surface area contributed by atoms with Crippen LogP contribution < -0.4 is 20.9 Å². The van der Waals surface area contributed by atoms with Crippen molar-refractivity contribution in [2.24, 2.45) is 0 Å². The third kappa shape index (κ3) is 7.98. The summed E-state index contributed by atoms with van der Waals surface area (Å²) in [5, 5.41) is 6.03. The van der Waals surface area contributed by atoms with Crippen molar-refractivity contribution >= 4 is 17.4 Å². The van der Waals surface area contributed by atoms with Crippen molar-refractivity contribution in [1.29, 1.82) is 0 Å². The number of para-hydroxylation sites is 2. The average Bonchev–Trinajstić information content (AvgIpc) is 2.91. The molecule has 2 amide bonds. The second-order valence-electron chi connectivity index (χ2n) is 11.2. The molecule has 0 aliphatic rings. The maximum atomic E-state index is 13.7. The number of benzene rings is 2. The van der Waals surface area contributed by atoms with Crippen molar-refractivity contribution in [1.82, 2.24) is 9.47 Å². The molecule has 40 heavy (non-hydrogen) atoms. The fourth-order valence-corrected chi connectivity index (χ4v) is 4.76. The Balaban J connectivity index is 2.01. The number of ether oxygens (including phenoxy) is 1. The van der Waals surface area contributed by atoms with E-state index in [1.165, 1.54) is 0 Å². The number of nitrogens with zero attached hydrogens (tertiary/aromatic N) is 2. The van der Waals surface area contributed by atoms with Gasteiger partial charge in [-0.2, -0.15) is 0 Å². The third-order valence-electron chi connectivity index (χ3n) is 6.95. The van der Waals surface area contributed by atoms with Gasteiger partial charge in [0.05, 0.1) is 6.61 Å². The average molecular weight is 547 g/mol. The van der Waals surface area contributed by atoms with E-state index >= 15 is 0 Å². The van der Waals surface area contributed by atoms with Gasteiger partial charge in [0.2, 0.25) is 0 Å². The molecule has 1 heterocycles. The predicted molar refractivity (Wildman–Crippen MR) is 167 cm³/mol. The van der Waals surface area contributed by atoms with Gasteiger partial charge < -0.3 is 24.8 Å². The van der Waals surface area contributed by atoms with Crippen LogP contribution in [0.3, 0.4) is 0 Å². The Morgan fingerprint density at radius 1 is 0.875 bits per heavy atom. The van der Waals surface area contributed by atoms with Gasteiger partial charge in [-0.25, -0.2) is 4.79 Å². The van der Waals surface area contributed by atoms with Crippen molar-refractivity contribution in [2.75, 3.05) is 37.9 Å². The summed E-state index contributed by atoms with van der Waals surface area (Å²) < 4.78 is 7.82. The molecule has 2 N–H and O–H groups in total. The van der Waals surface area contributed by atoms with E-state index in [1.807, 2.05) is 68.8 Å². The Morgan fingerprint density at radius 3 is 2.15 bits per heavy atom. The number of amides is 2. The highest BCUT2D eigenvalue weighted by Crippen LogP contribution is 2.35. The number of pyridine rings is 1. The minimum Gasteiger partial charge on any atom is -0.493 e. The standard InChI is InChI=1S/C33H46N4O3/c1-8-9-20-37-21-18-28(27-14-10-11-17-29(27)40-22-13-19-36(6)7)31(32(37)38)35-33(39)34-30-25(23(2)3)15-12-16-26(30)24(4)5/h10-12,14-18,21,23-24H,8-9,13,19-20,22H2,1-7H3,(H2,34,35,39). The van der Waals surface area contributed by atoms with Crippen LogP contribution in [-0.2, 0) is 6.54 Å². The van der Waals surface area contributed by atoms with E-state index in [9.17, 15) is 9.59 Å². The lowest BCUT2D eigenvalue weighted by Crippen LogP contribution is -2.29. The molecule has 0 bridgehead atoms. The van der Waals surface area contributed by atoms with Crippen LogP contribution in [0.1, 0.15) is 76.8 Å². The van der Waals surface area contributed by atoms with Crippen LogP contribution in [0.25, 0.3) is 11.1 Å². The molecule has 0 radical (unpaired) electrons. The number of rotatable bonds is 13. The molecule has 1 aromatic heterocycles. The normalized spacial score (nSPS) is 11.3. The number of urea groups is 1. The number of hydrogen-bond donors (Lipinski definition) is 2. The Kier molecular flexibility index (Phi) is 11.4. The number of hydrogen-bond acceptors (Lipinski definition) is 4. The SMILES string of the molecule is CCCCn1ccc(-c2ccccc2OCCCN(C)C)c(NC(=O)Nc2c(C(C)C)cccc2C(C)C)c1=O. The minimum absolute atomic E-state index is 0.226. The Bertz CT molecular complexity index is 1300. The topological polar surface area (TPSA) is 75.6 Å². The van der Waals surface area contributed by atoms with E-state index in [0.717, 1.165) is 48.2 Å². The monoisotopic (exact) mass is 546 g/mol. The van der Waals surface area contributed by atoms with Crippen molar-refractivity contribution in [3.63, 3.8) is 0 Å². The van der Waals surface area contributed by atoms with Crippen LogP contribution in [0, 0.1) is 0 Å². The van der Waals surface area contributed by atoms with Gasteiger partial charge in [-0.05, 0) is 62.0 Å². The van der Waals surface area contributed by atoms with E-state index < -0.39 is 6.03 Å². The van der Waals surface area contributed by atoms with Gasteiger partial charge in [0.25, 0.3) is 5.56 Å². The summed E-state index contributed by atoms with van der Waals surface area (Å²) in [5.41, 5.74) is 4.35. The number of aromatic nitrogens is 1. The Morgan fingerprint density at radius 2 is 1.52 bits per heavy atom. The highest BCUT2D eigenvalue weighted by molar-refractivity contribution is 6.03. The summed E-state index contributed by atoms with van der Waals surface area (Å²) in [7, 11) is 4.07. The zero-order valence-electron chi connectivity index (χ0n) is 25.2. The van der Waals surface area contributed by atoms with E-state index in [4.69, 9.17) is 4.74 Å². The number of unbranched alkanes of at least 4 members (excludes halogenated alkanes) is 1. The molecule has 0 saturated heterocycles. The fraction of sp³-hybridized carbons (Fsp3) is 0.455. The number of carbonyl (C=O) groups excluding carboxylic acids is 1. The van der Waals surface area contributed by atoms with Crippen LogP contribution in [0.15, 0.2) is 59.5 Å². The van der Waals surface area contributed by atoms with Gasteiger partial charge in [-0.15, -0.1) is 0 Å². The summed E-state index contributed by atoms with van der Waals surface area (Å²) in [6, 6.07) is 15.3. The molecule has 0 saturated carbocycles. The Hall–Kier alpha value is -3.58. The quantitative estimate of drug-likeness (QED) is 0.217. The van der Waals surface area contributed by atoms with E-state index in [0.29, 0.717) is 24.5 Å². The third-order valence-corrected chi connectivity index (χ3v) is 6.95. The highest BCUT2D eigenvalue weighted by Gasteiger charge is 2.20. The van der Waals surface area contributed by atoms with Crippen LogP contribution in [-0.4, -0.2) is 42.7 Å². The predicted octanol–water partition coefficient (Wildman–Crippen LogP) is 7.54. The first-order valence-electron chi connectivity index (χ1n) is 14.4. The molecule has 0 spiro atoms. The number of carbonyl (C=O) groups is 1. The molecule has 0 unspecified atom stereocenters. The molecule has 216 valence electrons. The largest absolute Gasteiger partial charge is 0.493 e. The van der Waals surface area contributed by atoms with Crippen LogP contribution >= 0.6 is 0 Å². The second kappa shape index (κ2) is 14.7. The molecule has 0 aliphatic carbocycles. The number of nitrogens with one attached hydrogen (secondary N) is 2. The van der Waals surface area contributed by atoms with Gasteiger partial charge >= 0.3 is 6.03 Å². The summed E-state index contributed by atoms with van der Waals surface area (Å²) in [6.07, 6.45) is 4.52. The molecule has 3 aromatic rings. The lowest BCUT2D eigenvalue weighted by Gasteiger charge is -2.21. The smallest absolute Gasteiger partial charge is 0.323 e. The number of anilines is 2. The summed E-state index contributed by atoms with van der Waals surface area (Å²) in [6.45, 7) is 12.6. The van der Waals surface area contributed by atoms with Gasteiger partial charge in [-0.1, -0.05) is 77.4 Å². The molecule has 2 aromatic carbocycles. The fourth-order valence-electron chi connectivity index (χ4n) is 4.76. The van der Waals surface area contributed by atoms with Crippen molar-refractivity contribution < 1.29 is 9.53 Å². The van der Waals surface area contributed by atoms with Crippen molar-refractivity contribution in [3.05, 3.63) is 76.2 Å². The molecule has 7 nitrogen and oxygen atoms in total. The second-order valence-corrected chi connectivity index (χ2v) is 11.2. The van der Waals surface area contributed by atoms with Crippen molar-refractivity contribution in [2.45, 2.75) is 72.3 Å². The zero-order chi connectivity index (χ0) is 29.2. The van der Waals surface area contributed by atoms with Crippen LogP contribution in [0.5, 0.6) is 5.75 Å². The van der Waals surface area contributed by atoms with Crippen LogP contribution in [0.4, 0.5) is 16.2 Å². The highest BCUT2D eigenvalue weighted by atomic mass is 16.5. The maximum absolute atomic E-state index is 13.7. The molecule has 0 atom stereocenters. The molecule has 0 fully saturated rings. The lowest BCUT2D eigenvalue weighted by atomic mass is 9.93. The van der Waals surface area contributed by atoms with Crippen molar-refractivity contribution in [3.8, 4) is 16.9 Å². The molecule has 3 rings (SSSR count). The van der Waals surface area contributed by atoms with Gasteiger partial charge in [0.15, 0.2) is 0 Å². The molecular weight excluding hydrogens is 500 g/mol. The molecular formula is C33H46N4O3. The molecule has 7 heteroatoms. The van der Waals surface area contributed by atoms with E-state index in [-0.39, 0.29) is 23.1 Å². The van der Waals surface area contributed by atoms with Gasteiger partial charge in [0.1, 0.15) is 11.4 Å². The first kappa shape index (κ1) is 31.0. The Labute approximate surface area is 239 Å². The first-order valence-corrected chi connectivity index (χ1v) is 14.4. The van der Waals surface area contributed by atoms with Crippen LogP contribution in [0.2, 0.25) is 0 Å². The van der Waals surface area contributed by atoms with E-state index in [1.54, 1.807) is 4.57 Å². The molecule has 0 aliphatic heterocycles. The number of aryl methyl sites for hydroxylation is 1. The van der Waals surface area contributed by atoms with Gasteiger partial charge in [0, 0.05) is 36.1 Å². The zero-order valence-corrected chi connectivity index (χ0v) is 25.2. The summed E-state index contributed by atoms with van der Waals surface area (Å²) in [4.78, 5) is 29.4. The van der Waals surface area contributed by atoms with E-state index in [2.05, 4.69) is 50.2 Å². The summed E-state index contributed by atoms with van der Waals surface area (Å²) >= 11 is 0. The maximum Gasteiger partial charge on any atom is 0.323 e.